The summed E-state index contributed by atoms with van der Waals surface area (Å²) in [6, 6.07) is 2.97. The Labute approximate surface area is 216 Å². The lowest BCUT2D eigenvalue weighted by molar-refractivity contribution is -0.134. The second-order valence-electron chi connectivity index (χ2n) is 8.60. The molecule has 2 rings (SSSR count). The SMILES string of the molecule is CC(C)[C@H](NC(=O)[C@H](COP(=O)(O)O)N(C)C(=O)Oc1ccc2ccc(=O)oc2c1)C(=O)N[C@@H](C)C(N)=O. The molecule has 0 fully saturated rings. The van der Waals surface area contributed by atoms with Crippen LogP contribution in [0.1, 0.15) is 20.8 Å². The van der Waals surface area contributed by atoms with E-state index in [0.29, 0.717) is 10.3 Å². The van der Waals surface area contributed by atoms with Crippen molar-refractivity contribution >= 4 is 42.6 Å². The van der Waals surface area contributed by atoms with Crippen LogP contribution in [-0.4, -0.2) is 70.3 Å². The van der Waals surface area contributed by atoms with Crippen LogP contribution in [0.5, 0.6) is 5.75 Å². The van der Waals surface area contributed by atoms with Gasteiger partial charge < -0.3 is 35.3 Å². The van der Waals surface area contributed by atoms with Crippen LogP contribution in [0.2, 0.25) is 0 Å². The maximum atomic E-state index is 13.1. The molecule has 0 bridgehead atoms. The molecule has 6 N–H and O–H groups in total. The number of fused-ring (bicyclic) bond motifs is 1. The van der Waals surface area contributed by atoms with Crippen LogP contribution >= 0.6 is 7.82 Å². The first-order valence-electron chi connectivity index (χ1n) is 11.2. The minimum atomic E-state index is -5.06. The van der Waals surface area contributed by atoms with E-state index < -0.39 is 67.9 Å². The van der Waals surface area contributed by atoms with Crippen molar-refractivity contribution in [3.8, 4) is 5.75 Å². The van der Waals surface area contributed by atoms with Gasteiger partial charge in [-0.3, -0.25) is 23.8 Å². The molecule has 0 saturated heterocycles. The topological polar surface area (TPSA) is 228 Å². The van der Waals surface area contributed by atoms with E-state index in [0.717, 1.165) is 7.05 Å². The van der Waals surface area contributed by atoms with Crippen LogP contribution in [0.3, 0.4) is 0 Å². The fraction of sp³-hybridized carbons (Fsp3) is 0.409. The van der Waals surface area contributed by atoms with Crippen LogP contribution in [0.15, 0.2) is 39.5 Å². The number of rotatable bonds is 11. The zero-order valence-corrected chi connectivity index (χ0v) is 21.8. The van der Waals surface area contributed by atoms with Gasteiger partial charge in [0.05, 0.1) is 6.61 Å². The van der Waals surface area contributed by atoms with Gasteiger partial charge in [0.15, 0.2) is 0 Å². The Kier molecular flexibility index (Phi) is 10.1. The van der Waals surface area contributed by atoms with Gasteiger partial charge in [-0.15, -0.1) is 0 Å². The molecule has 1 aromatic heterocycles. The minimum Gasteiger partial charge on any atom is -0.423 e. The van der Waals surface area contributed by atoms with Crippen molar-refractivity contribution in [1.29, 1.82) is 0 Å². The molecule has 208 valence electrons. The van der Waals surface area contributed by atoms with E-state index in [1.165, 1.54) is 37.3 Å². The Balaban J connectivity index is 2.26. The largest absolute Gasteiger partial charge is 0.469 e. The first-order chi connectivity index (χ1) is 17.6. The molecule has 3 atom stereocenters. The van der Waals surface area contributed by atoms with Gasteiger partial charge in [-0.1, -0.05) is 13.8 Å². The van der Waals surface area contributed by atoms with Crippen molar-refractivity contribution in [2.24, 2.45) is 11.7 Å². The average Bonchev–Trinajstić information content (AvgIpc) is 2.80. The lowest BCUT2D eigenvalue weighted by Crippen LogP contribution is -2.58. The van der Waals surface area contributed by atoms with Crippen molar-refractivity contribution in [3.05, 3.63) is 40.8 Å². The molecule has 0 saturated carbocycles. The van der Waals surface area contributed by atoms with E-state index in [2.05, 4.69) is 15.2 Å². The number of nitrogens with zero attached hydrogens (tertiary/aromatic N) is 1. The van der Waals surface area contributed by atoms with E-state index in [-0.39, 0.29) is 11.3 Å². The number of carbonyl (C=O) groups excluding carboxylic acids is 4. The van der Waals surface area contributed by atoms with Crippen LogP contribution in [0.25, 0.3) is 11.0 Å². The molecule has 16 heteroatoms. The van der Waals surface area contributed by atoms with E-state index in [9.17, 15) is 28.5 Å². The van der Waals surface area contributed by atoms with E-state index in [1.54, 1.807) is 13.8 Å². The van der Waals surface area contributed by atoms with Gasteiger partial charge in [0.2, 0.25) is 17.7 Å². The van der Waals surface area contributed by atoms with Crippen molar-refractivity contribution in [1.82, 2.24) is 15.5 Å². The summed E-state index contributed by atoms with van der Waals surface area (Å²) in [5.41, 5.74) is 4.65. The number of ether oxygens (including phenoxy) is 1. The highest BCUT2D eigenvalue weighted by Gasteiger charge is 2.35. The molecule has 2 aromatic rings. The molecule has 0 aliphatic heterocycles. The van der Waals surface area contributed by atoms with E-state index >= 15 is 0 Å². The number of primary amides is 1. The molecule has 1 heterocycles. The number of likely N-dealkylation sites (N-methyl/N-ethyl adjacent to an activating group) is 1. The lowest BCUT2D eigenvalue weighted by Gasteiger charge is -2.29. The van der Waals surface area contributed by atoms with Gasteiger partial charge in [0, 0.05) is 24.6 Å². The standard InChI is InChI=1S/C22H29N4O11P/c1-11(2)18(21(30)24-12(3)19(23)28)25-20(29)15(10-35-38(32,33)34)26(4)22(31)36-14-7-5-13-6-8-17(27)37-16(13)9-14/h5-9,11-12,15,18H,10H2,1-4H3,(H2,23,28)(H,24,30)(H,25,29)(H2,32,33,34)/t12-,15-,18-/m0/s1. The highest BCUT2D eigenvalue weighted by atomic mass is 31.2. The summed E-state index contributed by atoms with van der Waals surface area (Å²) in [4.78, 5) is 80.2. The maximum Gasteiger partial charge on any atom is 0.469 e. The van der Waals surface area contributed by atoms with Crippen molar-refractivity contribution < 1.29 is 47.2 Å². The number of hydrogen-bond acceptors (Lipinski definition) is 9. The van der Waals surface area contributed by atoms with Gasteiger partial charge in [-0.05, 0) is 31.0 Å². The highest BCUT2D eigenvalue weighted by Crippen LogP contribution is 2.36. The van der Waals surface area contributed by atoms with Gasteiger partial charge in [-0.2, -0.15) is 0 Å². The number of phosphoric acid groups is 1. The third-order valence-electron chi connectivity index (χ3n) is 5.29. The van der Waals surface area contributed by atoms with Gasteiger partial charge in [0.25, 0.3) is 0 Å². The molecule has 0 aliphatic rings. The number of nitrogens with two attached hydrogens (primary N) is 1. The Hall–Kier alpha value is -3.78. The summed E-state index contributed by atoms with van der Waals surface area (Å²) in [6.07, 6.45) is -1.13. The number of amides is 4. The molecule has 4 amide bonds. The Bertz CT molecular complexity index is 1310. The fourth-order valence-electron chi connectivity index (χ4n) is 3.09. The summed E-state index contributed by atoms with van der Waals surface area (Å²) in [5, 5.41) is 5.29. The molecular formula is C22H29N4O11P. The molecule has 0 aliphatic carbocycles. The van der Waals surface area contributed by atoms with Crippen LogP contribution in [0, 0.1) is 5.92 Å². The number of carbonyl (C=O) groups is 4. The van der Waals surface area contributed by atoms with Crippen LogP contribution in [0.4, 0.5) is 4.79 Å². The minimum absolute atomic E-state index is 0.0568. The molecule has 1 aromatic carbocycles. The monoisotopic (exact) mass is 556 g/mol. The summed E-state index contributed by atoms with van der Waals surface area (Å²) in [5.74, 6) is -3.14. The normalized spacial score (nSPS) is 13.9. The number of hydrogen-bond donors (Lipinski definition) is 5. The second-order valence-corrected chi connectivity index (χ2v) is 9.84. The molecule has 0 radical (unpaired) electrons. The van der Waals surface area contributed by atoms with E-state index in [4.69, 9.17) is 24.7 Å². The number of phosphoric ester groups is 1. The maximum absolute atomic E-state index is 13.1. The molecule has 15 nitrogen and oxygen atoms in total. The third-order valence-corrected chi connectivity index (χ3v) is 5.78. The molecule has 0 unspecified atom stereocenters. The zero-order chi connectivity index (χ0) is 28.8. The Morgan fingerprint density at radius 1 is 1.08 bits per heavy atom. The summed E-state index contributed by atoms with van der Waals surface area (Å²) in [7, 11) is -3.95. The van der Waals surface area contributed by atoms with Crippen LogP contribution in [-0.2, 0) is 23.5 Å². The highest BCUT2D eigenvalue weighted by molar-refractivity contribution is 7.46. The van der Waals surface area contributed by atoms with Crippen molar-refractivity contribution in [2.45, 2.75) is 38.9 Å². The van der Waals surface area contributed by atoms with Crippen molar-refractivity contribution in [2.75, 3.05) is 13.7 Å². The van der Waals surface area contributed by atoms with Gasteiger partial charge >= 0.3 is 19.5 Å². The second kappa shape index (κ2) is 12.6. The Morgan fingerprint density at radius 3 is 2.29 bits per heavy atom. The fourth-order valence-corrected chi connectivity index (χ4v) is 3.43. The van der Waals surface area contributed by atoms with E-state index in [1.807, 2.05) is 0 Å². The molecule has 38 heavy (non-hydrogen) atoms. The third kappa shape index (κ3) is 8.66. The molecule has 0 spiro atoms. The summed E-state index contributed by atoms with van der Waals surface area (Å²) >= 11 is 0. The quantitative estimate of drug-likeness (QED) is 0.180. The van der Waals surface area contributed by atoms with Gasteiger partial charge in [0.1, 0.15) is 29.5 Å². The lowest BCUT2D eigenvalue weighted by atomic mass is 10.0. The Morgan fingerprint density at radius 2 is 1.71 bits per heavy atom. The summed E-state index contributed by atoms with van der Waals surface area (Å²) in [6.45, 7) is 3.57. The number of benzene rings is 1. The predicted molar refractivity (Wildman–Crippen MR) is 132 cm³/mol. The van der Waals surface area contributed by atoms with Crippen LogP contribution < -0.4 is 26.7 Å². The first kappa shape index (κ1) is 30.4. The zero-order valence-electron chi connectivity index (χ0n) is 20.9. The predicted octanol–water partition coefficient (Wildman–Crippen LogP) is -0.168. The average molecular weight is 556 g/mol. The summed E-state index contributed by atoms with van der Waals surface area (Å²) < 4.78 is 26.0. The number of nitrogens with one attached hydrogen (secondary N) is 2. The van der Waals surface area contributed by atoms with Gasteiger partial charge in [-0.25, -0.2) is 14.2 Å². The molecular weight excluding hydrogens is 527 g/mol. The smallest absolute Gasteiger partial charge is 0.423 e. The first-order valence-corrected chi connectivity index (χ1v) is 12.7. The van der Waals surface area contributed by atoms with Crippen molar-refractivity contribution in [3.63, 3.8) is 0 Å².